The van der Waals surface area contributed by atoms with Crippen LogP contribution in [-0.2, 0) is 89.1 Å². The zero-order chi connectivity index (χ0) is 100. The molecular formula is C95H96ClI5N12O19S2V2-. The number of sulfonamides is 1. The molecule has 0 saturated carbocycles. The number of nitriles is 1. The molecule has 10 aromatic rings. The number of carboxylic acid groups (broad SMARTS) is 1. The van der Waals surface area contributed by atoms with Crippen molar-refractivity contribution in [2.45, 2.75) is 148 Å². The molecule has 4 aliphatic rings. The number of nitrogen functional groups attached to an aromatic ring is 1. The van der Waals surface area contributed by atoms with Crippen LogP contribution in [0.3, 0.4) is 0 Å². The van der Waals surface area contributed by atoms with Gasteiger partial charge in [0, 0.05) is 64.5 Å². The fourth-order valence-corrected chi connectivity index (χ4v) is 13.7. The Balaban J connectivity index is 0.000000810. The van der Waals surface area contributed by atoms with Crippen LogP contribution in [0.1, 0.15) is 219 Å². The van der Waals surface area contributed by atoms with Crippen LogP contribution in [0.25, 0.3) is 14.5 Å². The number of rotatable bonds is 13. The molecule has 0 spiro atoms. The van der Waals surface area contributed by atoms with E-state index in [9.17, 15) is 75.4 Å². The average Bonchev–Trinajstić information content (AvgIpc) is 1.61. The summed E-state index contributed by atoms with van der Waals surface area (Å²) in [6.45, 7) is 48.7. The summed E-state index contributed by atoms with van der Waals surface area (Å²) in [5.74, 6) is -5.73. The van der Waals surface area contributed by atoms with Crippen LogP contribution in [-0.4, -0.2) is 104 Å². The summed E-state index contributed by atoms with van der Waals surface area (Å²) in [5.41, 5.74) is 17.9. The number of amides is 6. The zero-order valence-electron chi connectivity index (χ0n) is 74.6. The van der Waals surface area contributed by atoms with Crippen molar-refractivity contribution in [2.24, 2.45) is 5.73 Å². The number of benzene rings is 10. The van der Waals surface area contributed by atoms with Crippen LogP contribution < -0.4 is 16.2 Å². The van der Waals surface area contributed by atoms with Gasteiger partial charge >= 0.3 is 76.8 Å². The van der Waals surface area contributed by atoms with Crippen LogP contribution in [0.5, 0.6) is 0 Å². The fraction of sp³-hybridized carbons (Fsp3) is 0.221. The number of nitrogens with one attached hydrogen (secondary N) is 1. The van der Waals surface area contributed by atoms with Gasteiger partial charge in [-0.25, -0.2) is 41.0 Å². The van der Waals surface area contributed by atoms with E-state index in [1.165, 1.54) is 79.2 Å². The summed E-state index contributed by atoms with van der Waals surface area (Å²) in [7, 11) is -2.38. The number of nitro groups is 2. The number of ether oxygens (including phenoxy) is 1. The Hall–Kier alpha value is -10.4. The van der Waals surface area contributed by atoms with Crippen LogP contribution in [0.2, 0.25) is 0 Å². The van der Waals surface area contributed by atoms with E-state index in [1.54, 1.807) is 134 Å². The summed E-state index contributed by atoms with van der Waals surface area (Å²) < 4.78 is 55.5. The zero-order valence-corrected chi connectivity index (χ0v) is 90.7. The Morgan fingerprint density at radius 1 is 0.551 bits per heavy atom. The molecule has 715 valence electrons. The quantitative estimate of drug-likeness (QED) is 0.00795. The number of hydrogen-bond donors (Lipinski definition) is 4. The second-order valence-electron chi connectivity index (χ2n) is 30.1. The normalized spacial score (nSPS) is 11.9. The van der Waals surface area contributed by atoms with E-state index in [2.05, 4.69) is 162 Å². The minimum Gasteiger partial charge on any atom is 0 e. The van der Waals surface area contributed by atoms with Crippen molar-refractivity contribution in [3.05, 3.63) is 363 Å². The molecule has 41 heteroatoms. The molecule has 14 rings (SSSR count). The average molecular weight is 2550 g/mol. The van der Waals surface area contributed by atoms with Crippen LogP contribution >= 0.6 is 117 Å². The summed E-state index contributed by atoms with van der Waals surface area (Å²) in [5, 5.41) is 37.4. The largest absolute Gasteiger partial charge is 0 e. The van der Waals surface area contributed by atoms with Gasteiger partial charge in [-0.05, 0) is 117 Å². The summed E-state index contributed by atoms with van der Waals surface area (Å²) in [6, 6.07) is 59.7. The van der Waals surface area contributed by atoms with Gasteiger partial charge in [0.1, 0.15) is 5.56 Å². The first-order chi connectivity index (χ1) is 62.4. The molecule has 6 amide bonds. The monoisotopic (exact) mass is 2540 g/mol. The number of imide groups is 3. The summed E-state index contributed by atoms with van der Waals surface area (Å²) in [4.78, 5) is 140. The van der Waals surface area contributed by atoms with Gasteiger partial charge in [0.25, 0.3) is 71.9 Å². The van der Waals surface area contributed by atoms with Gasteiger partial charge in [-0.2, -0.15) is 12.2 Å². The van der Waals surface area contributed by atoms with Crippen molar-refractivity contribution < 1.29 is 103 Å². The molecular weight excluding hydrogens is 2450 g/mol. The molecule has 10 aromatic carbocycles. The third-order valence-electron chi connectivity index (χ3n) is 17.8. The number of halogens is 6. The van der Waals surface area contributed by atoms with Crippen molar-refractivity contribution in [2.75, 3.05) is 10.5 Å². The molecule has 0 bridgehead atoms. The third kappa shape index (κ3) is 36.8. The minimum atomic E-state index is -3.99. The van der Waals surface area contributed by atoms with Crippen molar-refractivity contribution in [1.82, 2.24) is 14.7 Å². The van der Waals surface area contributed by atoms with Gasteiger partial charge in [0.15, 0.2) is 22.6 Å². The standard InChI is InChI=1S/C26H23N3O4S.C16H9N3O4.C16H11N3O2.C10H13ClO2S.C8H8N2.C8H3NO5.C3H7I.C3H8.C2H4O2.C2H5.CH4.4HI.2V/c1-26(2,3)18-11-13-20(14-12-18)34(32,33)28-22-10-6-9-21-23(22)25(31)29(24(21)30)16-17-7-5-8-19(15-17)27-4;1-17-11-5-2-4-10(8-11)9-18-15(20)12-6-3-7-13(19(22)23)14(12)16(18)21;1-18-11-5-2-4-10(8-11)9-19-15(20)12-6-3-7-13(17)14(12)16(19)21;1-10(2,3)8-4-6-9(7-5-8)14(11,12)13;9-5-7-2-1-3-8(4-7)6-10;10-7-4-2-1-3-5(9(12)13)6(4)8(11)14-7;1-3(2)4;1-3-2;1-2(3)4;1-2;;;;;;;/h5-15,28H,16H2,1-3H3;2-8H,9H2;2-8H,9,17H2;4-7H,1-3H3;1-4H,5,9H2;1-3H;3H,1-2H3;3H2,1-2H3;1H3,(H,3,4);1H2,2H3;1H4;4*1H;;/q;;;;;;;;;-1;;;;;;;+3/p-3. The number of cyclic esters (lactones) is 2. The van der Waals surface area contributed by atoms with Crippen LogP contribution in [0.15, 0.2) is 228 Å². The molecule has 0 aromatic heterocycles. The molecule has 4 aliphatic heterocycles. The van der Waals surface area contributed by atoms with Gasteiger partial charge < -0.3 is 28.2 Å². The number of carboxylic acids is 1. The summed E-state index contributed by atoms with van der Waals surface area (Å²) in [6.07, 6.45) is 1.25. The number of nitro benzene ring substituents is 2. The number of esters is 2. The SMILES string of the molecule is C.CC(=O)O.CC(C)(C)c1ccc(S(=O)(=O)Cl)cc1.CC(C)I.CCC.I.N#Cc1cccc(CN)c1.O=C1OC(=O)c2c1cccc2[N+](=O)[O-].[C-]#[N+]c1cccc(CN2C(=O)c3cccc(N)c3C2=O)c1.[C-]#[N+]c1cccc(CN2C(=O)c3cccc(NS(=O)(=O)c4ccc(C(C)(C)C)cc4)c3C2=O)c1.[C-]#[N+]c1cccc(CN2C(=O)c3cccc([N+](=O)[O-])c3C2=O)c1.[CH2-]C.[I][V]([I])[I].[V]. The smallest absolute Gasteiger partial charge is 0 e. The number of aliphatic carboxylic acids is 1. The molecule has 0 aliphatic carbocycles. The van der Waals surface area contributed by atoms with E-state index in [0.29, 0.717) is 51.5 Å². The predicted molar refractivity (Wildman–Crippen MR) is 561 cm³/mol. The van der Waals surface area contributed by atoms with E-state index in [1.807, 2.05) is 39.0 Å². The van der Waals surface area contributed by atoms with Crippen LogP contribution in [0.4, 0.5) is 39.8 Å². The maximum Gasteiger partial charge on any atom is 0 e. The minimum absolute atomic E-state index is 0. The van der Waals surface area contributed by atoms with Gasteiger partial charge in [-0.3, -0.25) is 73.2 Å². The Bertz CT molecular complexity index is 6410. The first-order valence-corrected chi connectivity index (χ1v) is 58.0. The number of hydrogen-bond acceptors (Lipinski definition) is 21. The van der Waals surface area contributed by atoms with Crippen molar-refractivity contribution in [1.29, 1.82) is 5.26 Å². The van der Waals surface area contributed by atoms with Gasteiger partial charge in [-0.1, -0.05) is 239 Å². The Kier molecular flexibility index (Phi) is 53.0. The maximum atomic E-state index is 13.2. The molecule has 4 heterocycles. The van der Waals surface area contributed by atoms with Crippen LogP contribution in [0, 0.1) is 58.2 Å². The molecule has 0 atom stereocenters. The molecule has 136 heavy (non-hydrogen) atoms. The van der Waals surface area contributed by atoms with E-state index in [4.69, 9.17) is 57.0 Å². The molecule has 0 fully saturated rings. The molecule has 31 nitrogen and oxygen atoms in total. The molecule has 6 N–H and O–H groups in total. The number of carbonyl (C=O) groups excluding carboxylic acids is 8. The van der Waals surface area contributed by atoms with Crippen molar-refractivity contribution in [3.8, 4) is 6.07 Å². The molecule has 1 radical (unpaired) electrons. The van der Waals surface area contributed by atoms with Gasteiger partial charge in [0.05, 0.1) is 110 Å². The number of nitrogens with zero attached hydrogens (tertiary/aromatic N) is 9. The Morgan fingerprint density at radius 2 is 0.868 bits per heavy atom. The number of carbonyl (C=O) groups is 9. The summed E-state index contributed by atoms with van der Waals surface area (Å²) >= 11 is 9.73. The Labute approximate surface area is 876 Å². The number of fused-ring (bicyclic) bond motifs is 4. The van der Waals surface area contributed by atoms with E-state index >= 15 is 0 Å². The first kappa shape index (κ1) is 124. The topological polar surface area (TPSA) is 448 Å². The van der Waals surface area contributed by atoms with E-state index in [0.717, 1.165) is 53.9 Å². The molecule has 0 saturated heterocycles. The van der Waals surface area contributed by atoms with Crippen molar-refractivity contribution >= 4 is 229 Å². The number of alkyl halides is 1. The maximum absolute atomic E-state index is 13.2. The number of anilines is 2. The second kappa shape index (κ2) is 58.3. The van der Waals surface area contributed by atoms with E-state index < -0.39 is 76.1 Å². The number of nitrogens with two attached hydrogens (primary N) is 2. The van der Waals surface area contributed by atoms with Gasteiger partial charge in [0.2, 0.25) is 0 Å². The first-order valence-electron chi connectivity index (χ1n) is 39.5. The second-order valence-corrected chi connectivity index (χ2v) is 72.2. The van der Waals surface area contributed by atoms with Gasteiger partial charge in [-0.15, -0.1) is 24.0 Å². The predicted octanol–water partition coefficient (Wildman–Crippen LogP) is 23.6. The van der Waals surface area contributed by atoms with Crippen molar-refractivity contribution in [3.63, 3.8) is 0 Å². The third-order valence-corrected chi connectivity index (χ3v) is 20.5. The fourth-order valence-electron chi connectivity index (χ4n) is 11.9. The molecule has 0 unspecified atom stereocenters. The Morgan fingerprint density at radius 3 is 1.22 bits per heavy atom. The van der Waals surface area contributed by atoms with E-state index in [-0.39, 0.29) is 157 Å².